The molecule has 0 atom stereocenters. The molecule has 2 heterocycles. The molecule has 0 radical (unpaired) electrons. The predicted octanol–water partition coefficient (Wildman–Crippen LogP) is 0.883. The summed E-state index contributed by atoms with van der Waals surface area (Å²) in [6, 6.07) is 7.06. The second-order valence-electron chi connectivity index (χ2n) is 4.81. The lowest BCUT2D eigenvalue weighted by Crippen LogP contribution is -2.25. The number of sulfonamides is 1. The average molecular weight is 334 g/mol. The van der Waals surface area contributed by atoms with Crippen LogP contribution in [0.2, 0.25) is 0 Å². The Bertz CT molecular complexity index is 1010. The molecule has 0 aliphatic carbocycles. The Kier molecular flexibility index (Phi) is 3.97. The van der Waals surface area contributed by atoms with Crippen molar-refractivity contribution in [2.75, 3.05) is 0 Å². The number of aromatic nitrogens is 3. The first-order chi connectivity index (χ1) is 11.0. The maximum absolute atomic E-state index is 12.4. The zero-order valence-corrected chi connectivity index (χ0v) is 13.1. The average Bonchev–Trinajstić information content (AvgIpc) is 3.00. The number of hydrogen-bond acceptors (Lipinski definition) is 6. The van der Waals surface area contributed by atoms with E-state index in [4.69, 9.17) is 4.42 Å². The second kappa shape index (κ2) is 5.94. The molecule has 3 aromatic rings. The van der Waals surface area contributed by atoms with Gasteiger partial charge in [-0.3, -0.25) is 0 Å². The molecule has 0 aliphatic rings. The molecule has 23 heavy (non-hydrogen) atoms. The lowest BCUT2D eigenvalue weighted by Gasteiger charge is -2.08. The van der Waals surface area contributed by atoms with Crippen molar-refractivity contribution in [3.63, 3.8) is 0 Å². The zero-order valence-electron chi connectivity index (χ0n) is 12.3. The normalized spacial score (nSPS) is 11.9. The van der Waals surface area contributed by atoms with E-state index in [2.05, 4.69) is 14.9 Å². The fraction of sp³-hybridized carbons (Fsp3) is 0.214. The van der Waals surface area contributed by atoms with Gasteiger partial charge in [-0.2, -0.15) is 0 Å². The van der Waals surface area contributed by atoms with Crippen LogP contribution in [0.3, 0.4) is 0 Å². The topological polar surface area (TPSA) is 107 Å². The first kappa shape index (κ1) is 15.4. The minimum absolute atomic E-state index is 0.0398. The van der Waals surface area contributed by atoms with Crippen molar-refractivity contribution in [2.24, 2.45) is 0 Å². The SMILES string of the molecule is CCn1cnnc1CNS(=O)(=O)c1ccc2oc(=O)ccc2c1. The third-order valence-electron chi connectivity index (χ3n) is 3.36. The molecule has 0 unspecified atom stereocenters. The standard InChI is InChI=1S/C14H14N4O4S/c1-2-18-9-15-17-13(18)8-16-23(20,21)11-4-5-12-10(7-11)3-6-14(19)22-12/h3-7,9,16H,2,8H2,1H3. The summed E-state index contributed by atoms with van der Waals surface area (Å²) in [4.78, 5) is 11.2. The van der Waals surface area contributed by atoms with Crippen molar-refractivity contribution in [1.82, 2.24) is 19.5 Å². The first-order valence-corrected chi connectivity index (χ1v) is 8.38. The van der Waals surface area contributed by atoms with Gasteiger partial charge in [0.2, 0.25) is 10.0 Å². The lowest BCUT2D eigenvalue weighted by atomic mass is 10.2. The Hall–Kier alpha value is -2.52. The summed E-state index contributed by atoms with van der Waals surface area (Å²) in [7, 11) is -3.71. The zero-order chi connectivity index (χ0) is 16.4. The quantitative estimate of drug-likeness (QED) is 0.694. The summed E-state index contributed by atoms with van der Waals surface area (Å²) in [5, 5.41) is 8.16. The van der Waals surface area contributed by atoms with Crippen LogP contribution in [0.15, 0.2) is 50.8 Å². The molecule has 3 rings (SSSR count). The minimum atomic E-state index is -3.71. The summed E-state index contributed by atoms with van der Waals surface area (Å²) >= 11 is 0. The molecule has 0 bridgehead atoms. The number of fused-ring (bicyclic) bond motifs is 1. The molecular formula is C14H14N4O4S. The number of benzene rings is 1. The van der Waals surface area contributed by atoms with E-state index in [-0.39, 0.29) is 11.4 Å². The molecule has 0 saturated heterocycles. The van der Waals surface area contributed by atoms with Crippen molar-refractivity contribution >= 4 is 21.0 Å². The van der Waals surface area contributed by atoms with Crippen LogP contribution in [-0.2, 0) is 23.1 Å². The third-order valence-corrected chi connectivity index (χ3v) is 4.76. The molecule has 0 saturated carbocycles. The maximum Gasteiger partial charge on any atom is 0.336 e. The number of rotatable bonds is 5. The lowest BCUT2D eigenvalue weighted by molar-refractivity contribution is 0.560. The van der Waals surface area contributed by atoms with Crippen LogP contribution in [0.25, 0.3) is 11.0 Å². The number of nitrogens with zero attached hydrogens (tertiary/aromatic N) is 3. The summed E-state index contributed by atoms with van der Waals surface area (Å²) in [5.41, 5.74) is -0.146. The highest BCUT2D eigenvalue weighted by Gasteiger charge is 2.16. The number of nitrogens with one attached hydrogen (secondary N) is 1. The highest BCUT2D eigenvalue weighted by Crippen LogP contribution is 2.17. The van der Waals surface area contributed by atoms with Crippen LogP contribution in [-0.4, -0.2) is 23.2 Å². The van der Waals surface area contributed by atoms with Crippen LogP contribution in [0.4, 0.5) is 0 Å². The fourth-order valence-corrected chi connectivity index (χ4v) is 3.16. The van der Waals surface area contributed by atoms with Gasteiger partial charge >= 0.3 is 5.63 Å². The largest absolute Gasteiger partial charge is 0.423 e. The highest BCUT2D eigenvalue weighted by molar-refractivity contribution is 7.89. The summed E-state index contributed by atoms with van der Waals surface area (Å²) in [6.07, 6.45) is 1.54. The molecule has 1 N–H and O–H groups in total. The molecule has 2 aromatic heterocycles. The Labute approximate surface area is 131 Å². The smallest absolute Gasteiger partial charge is 0.336 e. The van der Waals surface area contributed by atoms with Gasteiger partial charge in [0.15, 0.2) is 0 Å². The number of hydrogen-bond donors (Lipinski definition) is 1. The summed E-state index contributed by atoms with van der Waals surface area (Å²) in [5.74, 6) is 0.530. The Morgan fingerprint density at radius 3 is 2.87 bits per heavy atom. The van der Waals surface area contributed by atoms with Crippen molar-refractivity contribution < 1.29 is 12.8 Å². The molecule has 8 nitrogen and oxygen atoms in total. The van der Waals surface area contributed by atoms with Crippen LogP contribution >= 0.6 is 0 Å². The maximum atomic E-state index is 12.4. The molecule has 0 fully saturated rings. The Morgan fingerprint density at radius 1 is 1.26 bits per heavy atom. The van der Waals surface area contributed by atoms with Gasteiger partial charge in [0.25, 0.3) is 0 Å². The first-order valence-electron chi connectivity index (χ1n) is 6.90. The highest BCUT2D eigenvalue weighted by atomic mass is 32.2. The van der Waals surface area contributed by atoms with Gasteiger partial charge in [-0.25, -0.2) is 17.9 Å². The van der Waals surface area contributed by atoms with Crippen molar-refractivity contribution in [3.05, 3.63) is 52.9 Å². The summed E-state index contributed by atoms with van der Waals surface area (Å²) in [6.45, 7) is 2.61. The molecule has 120 valence electrons. The van der Waals surface area contributed by atoms with E-state index in [1.807, 2.05) is 6.92 Å². The predicted molar refractivity (Wildman–Crippen MR) is 82.2 cm³/mol. The van der Waals surface area contributed by atoms with Gasteiger partial charge in [0.05, 0.1) is 11.4 Å². The fourth-order valence-electron chi connectivity index (χ4n) is 2.14. The molecule has 0 aliphatic heterocycles. The van der Waals surface area contributed by atoms with E-state index in [0.29, 0.717) is 23.3 Å². The van der Waals surface area contributed by atoms with Crippen LogP contribution in [0.5, 0.6) is 0 Å². The van der Waals surface area contributed by atoms with Gasteiger partial charge in [0.1, 0.15) is 17.7 Å². The molecular weight excluding hydrogens is 320 g/mol. The van der Waals surface area contributed by atoms with Gasteiger partial charge in [0, 0.05) is 18.0 Å². The van der Waals surface area contributed by atoms with Gasteiger partial charge in [-0.1, -0.05) is 0 Å². The Balaban J connectivity index is 1.87. The van der Waals surface area contributed by atoms with Gasteiger partial charge < -0.3 is 8.98 Å². The monoisotopic (exact) mass is 334 g/mol. The van der Waals surface area contributed by atoms with E-state index in [9.17, 15) is 13.2 Å². The van der Waals surface area contributed by atoms with Crippen molar-refractivity contribution in [1.29, 1.82) is 0 Å². The van der Waals surface area contributed by atoms with Crippen LogP contribution in [0, 0.1) is 0 Å². The van der Waals surface area contributed by atoms with Crippen LogP contribution in [0.1, 0.15) is 12.7 Å². The Morgan fingerprint density at radius 2 is 2.09 bits per heavy atom. The third kappa shape index (κ3) is 3.15. The second-order valence-corrected chi connectivity index (χ2v) is 6.58. The number of aryl methyl sites for hydroxylation is 1. The molecule has 1 aromatic carbocycles. The van der Waals surface area contributed by atoms with Crippen molar-refractivity contribution in [2.45, 2.75) is 24.9 Å². The van der Waals surface area contributed by atoms with E-state index in [1.165, 1.54) is 30.3 Å². The van der Waals surface area contributed by atoms with Crippen LogP contribution < -0.4 is 10.3 Å². The van der Waals surface area contributed by atoms with E-state index < -0.39 is 15.6 Å². The van der Waals surface area contributed by atoms with E-state index >= 15 is 0 Å². The molecule has 0 spiro atoms. The van der Waals surface area contributed by atoms with Gasteiger partial charge in [-0.15, -0.1) is 10.2 Å². The van der Waals surface area contributed by atoms with E-state index in [1.54, 1.807) is 10.9 Å². The van der Waals surface area contributed by atoms with Crippen molar-refractivity contribution in [3.8, 4) is 0 Å². The molecule has 9 heteroatoms. The summed E-state index contributed by atoms with van der Waals surface area (Å²) < 4.78 is 34.0. The molecule has 0 amide bonds. The van der Waals surface area contributed by atoms with Gasteiger partial charge in [-0.05, 0) is 31.2 Å². The minimum Gasteiger partial charge on any atom is -0.423 e. The van der Waals surface area contributed by atoms with E-state index in [0.717, 1.165) is 0 Å².